The Morgan fingerprint density at radius 1 is 1.00 bits per heavy atom. The zero-order valence-corrected chi connectivity index (χ0v) is 19.2. The number of carbonyl (C=O) groups excluding carboxylic acids is 1. The average Bonchev–Trinajstić information content (AvgIpc) is 3.34. The van der Waals surface area contributed by atoms with E-state index in [1.54, 1.807) is 46.7 Å². The maximum Gasteiger partial charge on any atom is 0.273 e. The summed E-state index contributed by atoms with van der Waals surface area (Å²) in [4.78, 5) is 14.4. The van der Waals surface area contributed by atoms with Crippen LogP contribution >= 0.6 is 11.3 Å². The quantitative estimate of drug-likeness (QED) is 0.452. The van der Waals surface area contributed by atoms with Gasteiger partial charge in [-0.3, -0.25) is 9.10 Å². The molecule has 1 amide bonds. The lowest BCUT2D eigenvalue weighted by Gasteiger charge is -2.22. The van der Waals surface area contributed by atoms with Gasteiger partial charge in [-0.1, -0.05) is 43.3 Å². The number of hydrogen-bond donors (Lipinski definition) is 0. The number of rotatable bonds is 10. The minimum Gasteiger partial charge on any atom is -0.484 e. The second-order valence-corrected chi connectivity index (χ2v) is 10.1. The Labute approximate surface area is 187 Å². The van der Waals surface area contributed by atoms with Crippen LogP contribution in [0.3, 0.4) is 0 Å². The van der Waals surface area contributed by atoms with Gasteiger partial charge in [0.15, 0.2) is 6.61 Å². The fourth-order valence-electron chi connectivity index (χ4n) is 3.04. The van der Waals surface area contributed by atoms with Crippen LogP contribution in [0.25, 0.3) is 0 Å². The molecule has 0 fully saturated rings. The van der Waals surface area contributed by atoms with E-state index in [0.717, 1.165) is 12.0 Å². The Hall–Kier alpha value is -2.84. The molecule has 0 aliphatic carbocycles. The van der Waals surface area contributed by atoms with Crippen LogP contribution in [-0.2, 0) is 21.4 Å². The van der Waals surface area contributed by atoms with Crippen molar-refractivity contribution in [2.45, 2.75) is 24.1 Å². The summed E-state index contributed by atoms with van der Waals surface area (Å²) in [5, 5.41) is 1.73. The summed E-state index contributed by atoms with van der Waals surface area (Å²) >= 11 is 1.18. The van der Waals surface area contributed by atoms with Crippen LogP contribution in [0.2, 0.25) is 0 Å². The lowest BCUT2D eigenvalue weighted by atomic mass is 10.2. The Morgan fingerprint density at radius 2 is 1.71 bits per heavy atom. The highest BCUT2D eigenvalue weighted by atomic mass is 32.2. The molecule has 0 spiro atoms. The van der Waals surface area contributed by atoms with Gasteiger partial charge in [0.1, 0.15) is 9.96 Å². The van der Waals surface area contributed by atoms with Crippen LogP contribution in [0.1, 0.15) is 18.9 Å². The first-order valence-corrected chi connectivity index (χ1v) is 12.3. The van der Waals surface area contributed by atoms with Gasteiger partial charge in [-0.05, 0) is 47.7 Å². The van der Waals surface area contributed by atoms with Crippen LogP contribution in [0.4, 0.5) is 5.69 Å². The van der Waals surface area contributed by atoms with Gasteiger partial charge in [-0.15, -0.1) is 11.3 Å². The molecule has 3 rings (SSSR count). The van der Waals surface area contributed by atoms with E-state index < -0.39 is 10.0 Å². The van der Waals surface area contributed by atoms with Crippen LogP contribution in [0, 0.1) is 0 Å². The summed E-state index contributed by atoms with van der Waals surface area (Å²) in [6.07, 6.45) is 0.859. The molecule has 0 saturated heterocycles. The smallest absolute Gasteiger partial charge is 0.273 e. The van der Waals surface area contributed by atoms with Gasteiger partial charge in [0, 0.05) is 20.1 Å². The molecular formula is C23H26N2O4S2. The molecular weight excluding hydrogens is 432 g/mol. The van der Waals surface area contributed by atoms with Gasteiger partial charge in [0.05, 0.1) is 5.69 Å². The maximum absolute atomic E-state index is 12.7. The fourth-order valence-corrected chi connectivity index (χ4v) is 5.39. The molecule has 2 aromatic carbocycles. The van der Waals surface area contributed by atoms with Crippen molar-refractivity contribution in [3.8, 4) is 5.75 Å². The molecule has 0 unspecified atom stereocenters. The van der Waals surface area contributed by atoms with Gasteiger partial charge in [-0.25, -0.2) is 8.42 Å². The molecule has 3 aromatic rings. The van der Waals surface area contributed by atoms with E-state index in [9.17, 15) is 13.2 Å². The van der Waals surface area contributed by atoms with E-state index in [1.807, 2.05) is 37.3 Å². The molecule has 0 radical (unpaired) electrons. The van der Waals surface area contributed by atoms with Crippen LogP contribution in [-0.4, -0.2) is 39.4 Å². The van der Waals surface area contributed by atoms with Gasteiger partial charge < -0.3 is 9.64 Å². The molecule has 6 nitrogen and oxygen atoms in total. The van der Waals surface area contributed by atoms with E-state index in [-0.39, 0.29) is 16.7 Å². The number of amides is 1. The predicted octanol–water partition coefficient (Wildman–Crippen LogP) is 4.39. The van der Waals surface area contributed by atoms with Gasteiger partial charge in [0.2, 0.25) is 0 Å². The molecule has 31 heavy (non-hydrogen) atoms. The first-order chi connectivity index (χ1) is 14.9. The highest BCUT2D eigenvalue weighted by Gasteiger charge is 2.22. The van der Waals surface area contributed by atoms with E-state index >= 15 is 0 Å². The Kier molecular flexibility index (Phi) is 7.70. The van der Waals surface area contributed by atoms with Crippen molar-refractivity contribution in [3.63, 3.8) is 0 Å². The minimum atomic E-state index is -3.58. The van der Waals surface area contributed by atoms with Crippen molar-refractivity contribution >= 4 is 33.0 Å². The summed E-state index contributed by atoms with van der Waals surface area (Å²) in [5.74, 6) is 0.419. The minimum absolute atomic E-state index is 0.0739. The zero-order chi connectivity index (χ0) is 22.3. The van der Waals surface area contributed by atoms with Crippen molar-refractivity contribution in [1.29, 1.82) is 0 Å². The number of carbonyl (C=O) groups is 1. The van der Waals surface area contributed by atoms with Crippen molar-refractivity contribution in [3.05, 3.63) is 77.7 Å². The van der Waals surface area contributed by atoms with Crippen molar-refractivity contribution in [1.82, 2.24) is 4.90 Å². The van der Waals surface area contributed by atoms with Gasteiger partial charge in [-0.2, -0.15) is 0 Å². The van der Waals surface area contributed by atoms with Gasteiger partial charge in [0.25, 0.3) is 15.9 Å². The van der Waals surface area contributed by atoms with Crippen LogP contribution in [0.5, 0.6) is 5.75 Å². The largest absolute Gasteiger partial charge is 0.484 e. The molecule has 0 aliphatic rings. The summed E-state index contributed by atoms with van der Waals surface area (Å²) in [6.45, 7) is 3.16. The summed E-state index contributed by atoms with van der Waals surface area (Å²) < 4.78 is 32.5. The average molecular weight is 459 g/mol. The number of thiophene rings is 1. The van der Waals surface area contributed by atoms with Crippen molar-refractivity contribution in [2.75, 3.05) is 24.5 Å². The monoisotopic (exact) mass is 458 g/mol. The standard InChI is InChI=1S/C23H26N2O4S2/c1-3-15-25(17-19-8-5-4-6-9-19)22(26)18-29-21-13-11-20(12-14-21)24(2)31(27,28)23-10-7-16-30-23/h4-14,16H,3,15,17-18H2,1-2H3. The first-order valence-electron chi connectivity index (χ1n) is 9.99. The summed E-state index contributed by atoms with van der Waals surface area (Å²) in [7, 11) is -2.07. The Bertz CT molecular complexity index is 1070. The molecule has 1 heterocycles. The molecule has 1 aromatic heterocycles. The topological polar surface area (TPSA) is 66.9 Å². The maximum atomic E-state index is 12.7. The predicted molar refractivity (Wildman–Crippen MR) is 124 cm³/mol. The fraction of sp³-hybridized carbons (Fsp3) is 0.261. The Balaban J connectivity index is 1.60. The molecule has 0 atom stereocenters. The highest BCUT2D eigenvalue weighted by Crippen LogP contribution is 2.26. The second-order valence-electron chi connectivity index (χ2n) is 6.99. The third-order valence-electron chi connectivity index (χ3n) is 4.73. The first kappa shape index (κ1) is 22.8. The molecule has 164 valence electrons. The highest BCUT2D eigenvalue weighted by molar-refractivity contribution is 7.94. The number of ether oxygens (including phenoxy) is 1. The molecule has 0 bridgehead atoms. The van der Waals surface area contributed by atoms with E-state index in [4.69, 9.17) is 4.74 Å². The third kappa shape index (κ3) is 5.86. The zero-order valence-electron chi connectivity index (χ0n) is 17.6. The third-order valence-corrected chi connectivity index (χ3v) is 7.89. The normalized spacial score (nSPS) is 11.2. The van der Waals surface area contributed by atoms with E-state index in [2.05, 4.69) is 0 Å². The summed E-state index contributed by atoms with van der Waals surface area (Å²) in [5.41, 5.74) is 1.59. The number of anilines is 1. The van der Waals surface area contributed by atoms with Crippen LogP contribution in [0.15, 0.2) is 76.3 Å². The van der Waals surface area contributed by atoms with E-state index in [0.29, 0.717) is 24.5 Å². The SMILES string of the molecule is CCCN(Cc1ccccc1)C(=O)COc1ccc(N(C)S(=O)(=O)c2cccs2)cc1. The van der Waals surface area contributed by atoms with E-state index in [1.165, 1.54) is 22.7 Å². The molecule has 8 heteroatoms. The lowest BCUT2D eigenvalue weighted by Crippen LogP contribution is -2.35. The Morgan fingerprint density at radius 3 is 2.32 bits per heavy atom. The van der Waals surface area contributed by atoms with Gasteiger partial charge >= 0.3 is 0 Å². The lowest BCUT2D eigenvalue weighted by molar-refractivity contribution is -0.134. The number of sulfonamides is 1. The summed E-state index contributed by atoms with van der Waals surface area (Å²) in [6, 6.07) is 19.8. The number of benzene rings is 2. The van der Waals surface area contributed by atoms with Crippen molar-refractivity contribution in [2.24, 2.45) is 0 Å². The molecule has 0 N–H and O–H groups in total. The number of nitrogens with zero attached hydrogens (tertiary/aromatic N) is 2. The van der Waals surface area contributed by atoms with Crippen molar-refractivity contribution < 1.29 is 17.9 Å². The molecule has 0 aliphatic heterocycles. The second kappa shape index (κ2) is 10.5. The molecule has 0 saturated carbocycles. The number of hydrogen-bond acceptors (Lipinski definition) is 5. The van der Waals surface area contributed by atoms with Crippen LogP contribution < -0.4 is 9.04 Å².